The van der Waals surface area contributed by atoms with Gasteiger partial charge in [0.1, 0.15) is 11.3 Å². The van der Waals surface area contributed by atoms with E-state index in [1.165, 1.54) is 23.9 Å². The third kappa shape index (κ3) is 2.08. The van der Waals surface area contributed by atoms with Crippen molar-refractivity contribution in [1.82, 2.24) is 0 Å². The fourth-order valence-electron chi connectivity index (χ4n) is 0.893. The highest BCUT2D eigenvalue weighted by Crippen LogP contribution is 2.33. The van der Waals surface area contributed by atoms with Gasteiger partial charge in [-0.3, -0.25) is 0 Å². The molecule has 0 saturated carbocycles. The SMILES string of the molecule is CSc1cc(Cl)cc(C(=O)O)c1O. The van der Waals surface area contributed by atoms with E-state index in [0.717, 1.165) is 0 Å². The molecule has 0 aliphatic rings. The Hall–Kier alpha value is -0.870. The van der Waals surface area contributed by atoms with Crippen molar-refractivity contribution in [3.63, 3.8) is 0 Å². The summed E-state index contributed by atoms with van der Waals surface area (Å²) in [7, 11) is 0. The van der Waals surface area contributed by atoms with Gasteiger partial charge in [0.15, 0.2) is 0 Å². The Morgan fingerprint density at radius 1 is 1.54 bits per heavy atom. The van der Waals surface area contributed by atoms with Crippen LogP contribution in [0, 0.1) is 0 Å². The molecule has 0 amide bonds. The summed E-state index contributed by atoms with van der Waals surface area (Å²) < 4.78 is 0. The Balaban J connectivity index is 3.35. The lowest BCUT2D eigenvalue weighted by Gasteiger charge is -2.04. The van der Waals surface area contributed by atoms with Crippen LogP contribution in [0.25, 0.3) is 0 Å². The number of aromatic hydroxyl groups is 1. The second-order valence-electron chi connectivity index (χ2n) is 2.31. The third-order valence-electron chi connectivity index (χ3n) is 1.49. The first-order valence-electron chi connectivity index (χ1n) is 3.36. The average molecular weight is 219 g/mol. The zero-order chi connectivity index (χ0) is 10.0. The van der Waals surface area contributed by atoms with Crippen LogP contribution >= 0.6 is 23.4 Å². The molecule has 0 spiro atoms. The Morgan fingerprint density at radius 2 is 2.15 bits per heavy atom. The average Bonchev–Trinajstić information content (AvgIpc) is 2.08. The molecule has 0 saturated heterocycles. The van der Waals surface area contributed by atoms with E-state index < -0.39 is 5.97 Å². The summed E-state index contributed by atoms with van der Waals surface area (Å²) >= 11 is 6.90. The Labute approximate surface area is 84.3 Å². The number of carboxylic acids is 1. The molecule has 0 fully saturated rings. The number of halogens is 1. The van der Waals surface area contributed by atoms with Gasteiger partial charge in [-0.2, -0.15) is 0 Å². The molecule has 0 atom stereocenters. The molecular formula is C8H7ClO3S. The second-order valence-corrected chi connectivity index (χ2v) is 3.59. The van der Waals surface area contributed by atoms with E-state index in [9.17, 15) is 9.90 Å². The summed E-state index contributed by atoms with van der Waals surface area (Å²) in [5.41, 5.74) is -0.170. The predicted octanol–water partition coefficient (Wildman–Crippen LogP) is 2.47. The van der Waals surface area contributed by atoms with Crippen LogP contribution in [-0.2, 0) is 0 Å². The van der Waals surface area contributed by atoms with Gasteiger partial charge in [-0.25, -0.2) is 4.79 Å². The summed E-state index contributed by atoms with van der Waals surface area (Å²) in [5, 5.41) is 18.4. The van der Waals surface area contributed by atoms with Crippen molar-refractivity contribution in [3.8, 4) is 5.75 Å². The summed E-state index contributed by atoms with van der Waals surface area (Å²) in [6.07, 6.45) is 1.73. The largest absolute Gasteiger partial charge is 0.506 e. The molecule has 0 radical (unpaired) electrons. The first-order chi connectivity index (χ1) is 6.06. The number of carbonyl (C=O) groups is 1. The first kappa shape index (κ1) is 10.2. The van der Waals surface area contributed by atoms with E-state index in [1.54, 1.807) is 6.26 Å². The maximum Gasteiger partial charge on any atom is 0.339 e. The molecule has 70 valence electrons. The molecule has 0 aliphatic heterocycles. The van der Waals surface area contributed by atoms with Crippen LogP contribution in [0.5, 0.6) is 5.75 Å². The normalized spacial score (nSPS) is 10.0. The highest BCUT2D eigenvalue weighted by molar-refractivity contribution is 7.98. The molecule has 3 nitrogen and oxygen atoms in total. The van der Waals surface area contributed by atoms with Crippen LogP contribution in [0.15, 0.2) is 17.0 Å². The van der Waals surface area contributed by atoms with Crippen LogP contribution < -0.4 is 0 Å². The number of hydrogen-bond acceptors (Lipinski definition) is 3. The zero-order valence-corrected chi connectivity index (χ0v) is 8.32. The molecule has 0 heterocycles. The molecule has 0 aliphatic carbocycles. The van der Waals surface area contributed by atoms with Gasteiger partial charge in [0.05, 0.1) is 4.90 Å². The standard InChI is InChI=1S/C8H7ClO3S/c1-13-6-3-4(9)2-5(7(6)10)8(11)12/h2-3,10H,1H3,(H,11,12). The highest BCUT2D eigenvalue weighted by atomic mass is 35.5. The Morgan fingerprint density at radius 3 is 2.62 bits per heavy atom. The monoisotopic (exact) mass is 218 g/mol. The van der Waals surface area contributed by atoms with Crippen LogP contribution in [0.1, 0.15) is 10.4 Å². The van der Waals surface area contributed by atoms with Crippen molar-refractivity contribution in [2.75, 3.05) is 6.26 Å². The quantitative estimate of drug-likeness (QED) is 0.749. The van der Waals surface area contributed by atoms with E-state index in [-0.39, 0.29) is 11.3 Å². The van der Waals surface area contributed by atoms with Crippen LogP contribution in [-0.4, -0.2) is 22.4 Å². The lowest BCUT2D eigenvalue weighted by molar-refractivity contribution is 0.0693. The summed E-state index contributed by atoms with van der Waals surface area (Å²) in [5.74, 6) is -1.42. The van der Waals surface area contributed by atoms with Gasteiger partial charge in [-0.05, 0) is 18.4 Å². The summed E-state index contributed by atoms with van der Waals surface area (Å²) in [6, 6.07) is 2.74. The first-order valence-corrected chi connectivity index (χ1v) is 4.96. The molecule has 1 rings (SSSR count). The maximum atomic E-state index is 10.6. The molecule has 0 bridgehead atoms. The lowest BCUT2D eigenvalue weighted by Crippen LogP contribution is -1.97. The van der Waals surface area contributed by atoms with Crippen LogP contribution in [0.3, 0.4) is 0 Å². The smallest absolute Gasteiger partial charge is 0.339 e. The number of benzene rings is 1. The van der Waals surface area contributed by atoms with Crippen molar-refractivity contribution in [1.29, 1.82) is 0 Å². The van der Waals surface area contributed by atoms with Crippen molar-refractivity contribution < 1.29 is 15.0 Å². The maximum absolute atomic E-state index is 10.6. The number of hydrogen-bond donors (Lipinski definition) is 2. The van der Waals surface area contributed by atoms with Crippen LogP contribution in [0.2, 0.25) is 5.02 Å². The molecule has 1 aromatic carbocycles. The molecule has 5 heteroatoms. The number of carboxylic acid groups (broad SMARTS) is 1. The van der Waals surface area contributed by atoms with E-state index in [2.05, 4.69) is 0 Å². The van der Waals surface area contributed by atoms with Gasteiger partial charge in [-0.15, -0.1) is 11.8 Å². The second kappa shape index (κ2) is 3.89. The zero-order valence-electron chi connectivity index (χ0n) is 6.74. The van der Waals surface area contributed by atoms with E-state index >= 15 is 0 Å². The topological polar surface area (TPSA) is 57.5 Å². The van der Waals surface area contributed by atoms with Gasteiger partial charge in [0.2, 0.25) is 0 Å². The van der Waals surface area contributed by atoms with E-state index in [4.69, 9.17) is 16.7 Å². The number of phenols is 1. The molecule has 2 N–H and O–H groups in total. The molecular weight excluding hydrogens is 212 g/mol. The molecule has 0 aromatic heterocycles. The molecule has 13 heavy (non-hydrogen) atoms. The van der Waals surface area contributed by atoms with Crippen molar-refractivity contribution in [2.45, 2.75) is 4.90 Å². The number of rotatable bonds is 2. The predicted molar refractivity (Wildman–Crippen MR) is 51.9 cm³/mol. The Bertz CT molecular complexity index is 351. The minimum Gasteiger partial charge on any atom is -0.506 e. The number of thioether (sulfide) groups is 1. The molecule has 0 unspecified atom stereocenters. The minimum atomic E-state index is -1.18. The fraction of sp³-hybridized carbons (Fsp3) is 0.125. The van der Waals surface area contributed by atoms with Gasteiger partial charge >= 0.3 is 5.97 Å². The third-order valence-corrected chi connectivity index (χ3v) is 2.46. The van der Waals surface area contributed by atoms with E-state index in [1.807, 2.05) is 0 Å². The van der Waals surface area contributed by atoms with Gasteiger partial charge in [-0.1, -0.05) is 11.6 Å². The lowest BCUT2D eigenvalue weighted by atomic mass is 10.2. The van der Waals surface area contributed by atoms with Crippen molar-refractivity contribution >= 4 is 29.3 Å². The van der Waals surface area contributed by atoms with Crippen LogP contribution in [0.4, 0.5) is 0 Å². The number of aromatic carboxylic acids is 1. The fourth-order valence-corrected chi connectivity index (χ4v) is 1.72. The molecule has 1 aromatic rings. The highest BCUT2D eigenvalue weighted by Gasteiger charge is 2.14. The van der Waals surface area contributed by atoms with Crippen molar-refractivity contribution in [3.05, 3.63) is 22.7 Å². The summed E-state index contributed by atoms with van der Waals surface area (Å²) in [6.45, 7) is 0. The minimum absolute atomic E-state index is 0.170. The van der Waals surface area contributed by atoms with E-state index in [0.29, 0.717) is 9.92 Å². The van der Waals surface area contributed by atoms with Crippen molar-refractivity contribution in [2.24, 2.45) is 0 Å². The summed E-state index contributed by atoms with van der Waals surface area (Å²) in [4.78, 5) is 11.1. The Kier molecular flexibility index (Phi) is 3.06. The van der Waals surface area contributed by atoms with Gasteiger partial charge < -0.3 is 10.2 Å². The van der Waals surface area contributed by atoms with Gasteiger partial charge in [0.25, 0.3) is 0 Å². The van der Waals surface area contributed by atoms with Gasteiger partial charge in [0, 0.05) is 5.02 Å².